The van der Waals surface area contributed by atoms with E-state index in [4.69, 9.17) is 18.9 Å². The monoisotopic (exact) mass is 430 g/mol. The molecular formula is C23H26O8. The zero-order chi connectivity index (χ0) is 22.8. The number of aliphatic hydroxyl groups is 2. The van der Waals surface area contributed by atoms with Crippen molar-refractivity contribution in [1.29, 1.82) is 0 Å². The molecule has 2 atom stereocenters. The molecule has 2 aromatic carbocycles. The third-order valence-electron chi connectivity index (χ3n) is 4.05. The number of fused-ring (bicyclic) bond motifs is 1. The highest BCUT2D eigenvalue weighted by molar-refractivity contribution is 5.93. The van der Waals surface area contributed by atoms with Crippen LogP contribution in [0.3, 0.4) is 0 Å². The van der Waals surface area contributed by atoms with Crippen LogP contribution in [0.5, 0.6) is 11.5 Å². The van der Waals surface area contributed by atoms with Gasteiger partial charge in [-0.2, -0.15) is 0 Å². The van der Waals surface area contributed by atoms with Gasteiger partial charge in [-0.3, -0.25) is 0 Å². The van der Waals surface area contributed by atoms with Crippen molar-refractivity contribution in [2.24, 2.45) is 0 Å². The molecule has 2 unspecified atom stereocenters. The van der Waals surface area contributed by atoms with Gasteiger partial charge in [0, 0.05) is 22.4 Å². The fourth-order valence-electron chi connectivity index (χ4n) is 2.50. The molecule has 0 heterocycles. The molecule has 8 heteroatoms. The number of hydrogen-bond acceptors (Lipinski definition) is 8. The summed E-state index contributed by atoms with van der Waals surface area (Å²) in [6.07, 6.45) is -0.997. The highest BCUT2D eigenvalue weighted by Crippen LogP contribution is 2.33. The number of carbonyl (C=O) groups excluding carboxylic acids is 2. The predicted octanol–water partition coefficient (Wildman–Crippen LogP) is 2.17. The minimum Gasteiger partial charge on any atom is -0.490 e. The zero-order valence-corrected chi connectivity index (χ0v) is 17.3. The minimum atomic E-state index is -1.01. The number of aliphatic hydroxyl groups excluding tert-OH is 2. The van der Waals surface area contributed by atoms with Crippen LogP contribution in [0, 0.1) is 0 Å². The van der Waals surface area contributed by atoms with E-state index < -0.39 is 24.1 Å². The van der Waals surface area contributed by atoms with Gasteiger partial charge in [-0.15, -0.1) is 0 Å². The average molecular weight is 430 g/mol. The lowest BCUT2D eigenvalue weighted by atomic mass is 10.1. The molecule has 0 saturated heterocycles. The Hall–Kier alpha value is -3.36. The Kier molecular flexibility index (Phi) is 9.05. The van der Waals surface area contributed by atoms with E-state index in [9.17, 15) is 19.8 Å². The van der Waals surface area contributed by atoms with E-state index in [1.807, 2.05) is 24.3 Å². The molecule has 0 amide bonds. The van der Waals surface area contributed by atoms with Crippen LogP contribution in [-0.4, -0.2) is 60.8 Å². The Balaban J connectivity index is 1.99. The van der Waals surface area contributed by atoms with Crippen LogP contribution in [0.15, 0.2) is 61.2 Å². The predicted molar refractivity (Wildman–Crippen MR) is 114 cm³/mol. The van der Waals surface area contributed by atoms with E-state index in [0.717, 1.165) is 16.8 Å². The van der Waals surface area contributed by atoms with E-state index in [0.29, 0.717) is 11.5 Å². The second-order valence-electron chi connectivity index (χ2n) is 6.75. The van der Waals surface area contributed by atoms with Crippen LogP contribution in [0.1, 0.15) is 6.92 Å². The molecule has 2 N–H and O–H groups in total. The largest absolute Gasteiger partial charge is 0.490 e. The molecule has 0 aliphatic rings. The zero-order valence-electron chi connectivity index (χ0n) is 17.3. The molecule has 0 spiro atoms. The molecule has 31 heavy (non-hydrogen) atoms. The highest BCUT2D eigenvalue weighted by atomic mass is 16.6. The van der Waals surface area contributed by atoms with Gasteiger partial charge in [0.1, 0.15) is 50.1 Å². The lowest BCUT2D eigenvalue weighted by Crippen LogP contribution is -2.25. The van der Waals surface area contributed by atoms with E-state index in [1.165, 1.54) is 6.92 Å². The van der Waals surface area contributed by atoms with Crippen LogP contribution < -0.4 is 9.47 Å². The molecule has 2 aromatic rings. The van der Waals surface area contributed by atoms with Gasteiger partial charge in [0.15, 0.2) is 0 Å². The van der Waals surface area contributed by atoms with Crippen LogP contribution in [0.4, 0.5) is 0 Å². The van der Waals surface area contributed by atoms with Crippen molar-refractivity contribution in [3.8, 4) is 11.5 Å². The van der Waals surface area contributed by atoms with Crippen LogP contribution in [-0.2, 0) is 19.1 Å². The smallest absolute Gasteiger partial charge is 0.333 e. The van der Waals surface area contributed by atoms with Gasteiger partial charge in [0.25, 0.3) is 0 Å². The first-order valence-electron chi connectivity index (χ1n) is 9.57. The SMILES string of the molecule is C=CC(=O)OCC(O)COc1ccc(OCC(O)COC(=O)C(=C)C)c2ccccc12. The highest BCUT2D eigenvalue weighted by Gasteiger charge is 2.14. The number of rotatable bonds is 12. The fraction of sp³-hybridized carbons (Fsp3) is 0.304. The second kappa shape index (κ2) is 11.7. The quantitative estimate of drug-likeness (QED) is 0.389. The molecule has 0 saturated carbocycles. The van der Waals surface area contributed by atoms with Gasteiger partial charge in [0.05, 0.1) is 0 Å². The van der Waals surface area contributed by atoms with Crippen LogP contribution in [0.25, 0.3) is 10.8 Å². The fourth-order valence-corrected chi connectivity index (χ4v) is 2.50. The summed E-state index contributed by atoms with van der Waals surface area (Å²) in [7, 11) is 0. The van der Waals surface area contributed by atoms with Gasteiger partial charge in [-0.25, -0.2) is 9.59 Å². The summed E-state index contributed by atoms with van der Waals surface area (Å²) in [5.74, 6) is -0.184. The summed E-state index contributed by atoms with van der Waals surface area (Å²) >= 11 is 0. The first kappa shape index (κ1) is 23.9. The molecule has 166 valence electrons. The van der Waals surface area contributed by atoms with E-state index in [2.05, 4.69) is 13.2 Å². The summed E-state index contributed by atoms with van der Waals surface area (Å²) in [4.78, 5) is 22.5. The molecular weight excluding hydrogens is 404 g/mol. The number of ether oxygens (including phenoxy) is 4. The lowest BCUT2D eigenvalue weighted by molar-refractivity contribution is -0.142. The van der Waals surface area contributed by atoms with E-state index in [1.54, 1.807) is 12.1 Å². The summed E-state index contributed by atoms with van der Waals surface area (Å²) in [6.45, 7) is 7.70. The molecule has 0 bridgehead atoms. The number of esters is 2. The number of carbonyl (C=O) groups is 2. The van der Waals surface area contributed by atoms with Crippen molar-refractivity contribution < 1.29 is 38.7 Å². The molecule has 0 aliphatic carbocycles. The van der Waals surface area contributed by atoms with E-state index >= 15 is 0 Å². The van der Waals surface area contributed by atoms with Crippen LogP contribution >= 0.6 is 0 Å². The van der Waals surface area contributed by atoms with Gasteiger partial charge < -0.3 is 29.2 Å². The Labute approximate surface area is 180 Å². The Morgan fingerprint density at radius 3 is 1.84 bits per heavy atom. The third kappa shape index (κ3) is 7.44. The lowest BCUT2D eigenvalue weighted by Gasteiger charge is -2.17. The number of benzene rings is 2. The van der Waals surface area contributed by atoms with Crippen molar-refractivity contribution in [1.82, 2.24) is 0 Å². The number of hydrogen-bond donors (Lipinski definition) is 2. The van der Waals surface area contributed by atoms with Gasteiger partial charge in [0.2, 0.25) is 0 Å². The maximum atomic E-state index is 11.4. The summed E-state index contributed by atoms with van der Waals surface area (Å²) in [5, 5.41) is 21.4. The van der Waals surface area contributed by atoms with Gasteiger partial charge in [-0.1, -0.05) is 37.4 Å². The molecule has 8 nitrogen and oxygen atoms in total. The van der Waals surface area contributed by atoms with Crippen molar-refractivity contribution >= 4 is 22.7 Å². The maximum absolute atomic E-state index is 11.4. The Morgan fingerprint density at radius 1 is 0.903 bits per heavy atom. The molecule has 0 radical (unpaired) electrons. The Bertz CT molecular complexity index is 936. The topological polar surface area (TPSA) is 112 Å². The minimum absolute atomic E-state index is 0.0819. The average Bonchev–Trinajstić information content (AvgIpc) is 2.78. The standard InChI is InChI=1S/C23H26O8/c1-4-22(26)30-13-16(24)11-28-20-9-10-21(19-8-6-5-7-18(19)20)29-12-17(25)14-31-23(27)15(2)3/h4-10,16-17,24-25H,1-2,11-14H2,3H3. The van der Waals surface area contributed by atoms with Crippen molar-refractivity contribution in [3.05, 3.63) is 61.2 Å². The van der Waals surface area contributed by atoms with Crippen molar-refractivity contribution in [2.75, 3.05) is 26.4 Å². The molecule has 0 aromatic heterocycles. The molecule has 0 aliphatic heterocycles. The van der Waals surface area contributed by atoms with Crippen molar-refractivity contribution in [2.45, 2.75) is 19.1 Å². The Morgan fingerprint density at radius 2 is 1.39 bits per heavy atom. The first-order valence-corrected chi connectivity index (χ1v) is 9.57. The normalized spacial score (nSPS) is 12.5. The maximum Gasteiger partial charge on any atom is 0.333 e. The summed E-state index contributed by atoms with van der Waals surface area (Å²) in [5.41, 5.74) is 0.249. The van der Waals surface area contributed by atoms with Gasteiger partial charge in [-0.05, 0) is 19.1 Å². The molecule has 0 fully saturated rings. The third-order valence-corrected chi connectivity index (χ3v) is 4.05. The van der Waals surface area contributed by atoms with Gasteiger partial charge >= 0.3 is 11.9 Å². The first-order chi connectivity index (χ1) is 14.8. The van der Waals surface area contributed by atoms with Crippen LogP contribution in [0.2, 0.25) is 0 Å². The summed E-state index contributed by atoms with van der Waals surface area (Å²) in [6, 6.07) is 10.7. The van der Waals surface area contributed by atoms with E-state index in [-0.39, 0.29) is 32.0 Å². The summed E-state index contributed by atoms with van der Waals surface area (Å²) < 4.78 is 21.1. The second-order valence-corrected chi connectivity index (χ2v) is 6.75. The van der Waals surface area contributed by atoms with Crippen molar-refractivity contribution in [3.63, 3.8) is 0 Å². The molecule has 2 rings (SSSR count).